The van der Waals surface area contributed by atoms with Crippen molar-refractivity contribution in [2.45, 2.75) is 25.9 Å². The molecular formula is C18H22N4O3. The molecule has 132 valence electrons. The van der Waals surface area contributed by atoms with Gasteiger partial charge < -0.3 is 19.7 Å². The van der Waals surface area contributed by atoms with Crippen molar-refractivity contribution in [1.82, 2.24) is 15.1 Å². The first kappa shape index (κ1) is 17.0. The van der Waals surface area contributed by atoms with Crippen LogP contribution in [0, 0.1) is 0 Å². The normalized spacial score (nSPS) is 17.0. The number of piperidine rings is 1. The minimum absolute atomic E-state index is 0.0727. The molecule has 7 nitrogen and oxygen atoms in total. The topological polar surface area (TPSA) is 76.6 Å². The Bertz CT molecular complexity index is 678. The van der Waals surface area contributed by atoms with E-state index in [0.717, 1.165) is 24.3 Å². The van der Waals surface area contributed by atoms with Crippen molar-refractivity contribution >= 4 is 11.7 Å². The van der Waals surface area contributed by atoms with Crippen LogP contribution in [0.4, 0.5) is 10.5 Å². The van der Waals surface area contributed by atoms with Gasteiger partial charge in [0.15, 0.2) is 0 Å². The molecule has 0 bridgehead atoms. The number of benzene rings is 1. The molecule has 1 saturated heterocycles. The molecule has 2 heterocycles. The number of amides is 2. The Hall–Kier alpha value is -2.83. The Labute approximate surface area is 147 Å². The van der Waals surface area contributed by atoms with Crippen molar-refractivity contribution in [1.29, 1.82) is 0 Å². The molecule has 7 heteroatoms. The molecule has 25 heavy (non-hydrogen) atoms. The van der Waals surface area contributed by atoms with Crippen LogP contribution in [0.2, 0.25) is 0 Å². The van der Waals surface area contributed by atoms with Gasteiger partial charge in [0.25, 0.3) is 0 Å². The first-order valence-corrected chi connectivity index (χ1v) is 8.47. The summed E-state index contributed by atoms with van der Waals surface area (Å²) < 4.78 is 11.2. The minimum Gasteiger partial charge on any atom is -0.494 e. The third-order valence-electron chi connectivity index (χ3n) is 3.92. The summed E-state index contributed by atoms with van der Waals surface area (Å²) in [5.41, 5.74) is 0.741. The van der Waals surface area contributed by atoms with Gasteiger partial charge in [0.2, 0.25) is 5.88 Å². The van der Waals surface area contributed by atoms with Crippen LogP contribution in [0.5, 0.6) is 11.6 Å². The number of carbonyl (C=O) groups excluding carboxylic acids is 1. The third-order valence-corrected chi connectivity index (χ3v) is 3.92. The number of anilines is 1. The summed E-state index contributed by atoms with van der Waals surface area (Å²) in [5, 5.41) is 10.6. The van der Waals surface area contributed by atoms with Gasteiger partial charge >= 0.3 is 6.03 Å². The fourth-order valence-corrected chi connectivity index (χ4v) is 2.74. The second-order valence-corrected chi connectivity index (χ2v) is 5.78. The quantitative estimate of drug-likeness (QED) is 0.904. The highest BCUT2D eigenvalue weighted by molar-refractivity contribution is 5.89. The Morgan fingerprint density at radius 1 is 1.32 bits per heavy atom. The van der Waals surface area contributed by atoms with Crippen molar-refractivity contribution in [3.63, 3.8) is 0 Å². The van der Waals surface area contributed by atoms with E-state index >= 15 is 0 Å². The molecule has 1 aromatic heterocycles. The van der Waals surface area contributed by atoms with E-state index in [9.17, 15) is 4.79 Å². The lowest BCUT2D eigenvalue weighted by Crippen LogP contribution is -2.46. The minimum atomic E-state index is -0.128. The molecule has 1 atom stereocenters. The molecule has 0 saturated carbocycles. The highest BCUT2D eigenvalue weighted by Gasteiger charge is 2.25. The molecule has 0 aliphatic carbocycles. The van der Waals surface area contributed by atoms with Gasteiger partial charge in [-0.2, -0.15) is 5.10 Å². The number of ether oxygens (including phenoxy) is 2. The molecule has 1 aromatic carbocycles. The number of carbonyl (C=O) groups is 1. The molecule has 3 rings (SSSR count). The van der Waals surface area contributed by atoms with E-state index in [2.05, 4.69) is 15.5 Å². The van der Waals surface area contributed by atoms with E-state index in [1.54, 1.807) is 23.2 Å². The van der Waals surface area contributed by atoms with Crippen LogP contribution in [0.15, 0.2) is 42.6 Å². The van der Waals surface area contributed by atoms with E-state index in [4.69, 9.17) is 9.47 Å². The molecule has 1 unspecified atom stereocenters. The summed E-state index contributed by atoms with van der Waals surface area (Å²) in [4.78, 5) is 14.2. The first-order chi connectivity index (χ1) is 12.2. The van der Waals surface area contributed by atoms with Gasteiger partial charge in [0.05, 0.1) is 13.2 Å². The largest absolute Gasteiger partial charge is 0.494 e. The lowest BCUT2D eigenvalue weighted by Gasteiger charge is -2.32. The summed E-state index contributed by atoms with van der Waals surface area (Å²) in [7, 11) is 0. The van der Waals surface area contributed by atoms with Gasteiger partial charge in [0.1, 0.15) is 11.9 Å². The van der Waals surface area contributed by atoms with Gasteiger partial charge in [-0.05, 0) is 50.1 Å². The Balaban J connectivity index is 1.54. The van der Waals surface area contributed by atoms with Gasteiger partial charge in [-0.15, -0.1) is 5.10 Å². The molecular weight excluding hydrogens is 320 g/mol. The Kier molecular flexibility index (Phi) is 5.66. The monoisotopic (exact) mass is 342 g/mol. The number of nitrogens with one attached hydrogen (secondary N) is 1. The second-order valence-electron chi connectivity index (χ2n) is 5.78. The highest BCUT2D eigenvalue weighted by atomic mass is 16.5. The van der Waals surface area contributed by atoms with Gasteiger partial charge in [0, 0.05) is 24.5 Å². The maximum Gasteiger partial charge on any atom is 0.321 e. The molecule has 1 fully saturated rings. The van der Waals surface area contributed by atoms with E-state index < -0.39 is 0 Å². The smallest absolute Gasteiger partial charge is 0.321 e. The summed E-state index contributed by atoms with van der Waals surface area (Å²) in [6, 6.07) is 10.8. The fraction of sp³-hybridized carbons (Fsp3) is 0.389. The molecule has 2 amide bonds. The van der Waals surface area contributed by atoms with Crippen molar-refractivity contribution < 1.29 is 14.3 Å². The van der Waals surface area contributed by atoms with Crippen molar-refractivity contribution in [3.05, 3.63) is 42.6 Å². The van der Waals surface area contributed by atoms with E-state index in [0.29, 0.717) is 25.6 Å². The van der Waals surface area contributed by atoms with Crippen LogP contribution in [-0.4, -0.2) is 46.9 Å². The van der Waals surface area contributed by atoms with E-state index in [1.807, 2.05) is 31.2 Å². The highest BCUT2D eigenvalue weighted by Crippen LogP contribution is 2.19. The van der Waals surface area contributed by atoms with Crippen LogP contribution < -0.4 is 14.8 Å². The zero-order valence-electron chi connectivity index (χ0n) is 14.2. The van der Waals surface area contributed by atoms with Crippen molar-refractivity contribution in [2.75, 3.05) is 25.0 Å². The van der Waals surface area contributed by atoms with E-state index in [1.165, 1.54) is 0 Å². The molecule has 1 aliphatic rings. The number of nitrogens with zero attached hydrogens (tertiary/aromatic N) is 3. The first-order valence-electron chi connectivity index (χ1n) is 8.47. The standard InChI is InChI=1S/C18H22N4O3/c1-2-24-15-9-7-14(8-10-15)20-18(23)22-12-4-5-16(13-22)25-17-6-3-11-19-21-17/h3,6-11,16H,2,4-5,12-13H2,1H3,(H,20,23). The maximum absolute atomic E-state index is 12.5. The third kappa shape index (κ3) is 4.82. The number of urea groups is 1. The Morgan fingerprint density at radius 3 is 2.88 bits per heavy atom. The lowest BCUT2D eigenvalue weighted by molar-refractivity contribution is 0.102. The summed E-state index contributed by atoms with van der Waals surface area (Å²) in [6.07, 6.45) is 3.31. The van der Waals surface area contributed by atoms with E-state index in [-0.39, 0.29) is 12.1 Å². The van der Waals surface area contributed by atoms with Gasteiger partial charge in [-0.3, -0.25) is 0 Å². The summed E-state index contributed by atoms with van der Waals surface area (Å²) >= 11 is 0. The number of hydrogen-bond donors (Lipinski definition) is 1. The molecule has 1 aliphatic heterocycles. The molecule has 1 N–H and O–H groups in total. The van der Waals surface area contributed by atoms with Crippen molar-refractivity contribution in [2.24, 2.45) is 0 Å². The predicted octanol–water partition coefficient (Wildman–Crippen LogP) is 2.95. The second kappa shape index (κ2) is 8.32. The number of rotatable bonds is 5. The van der Waals surface area contributed by atoms with Crippen LogP contribution in [0.1, 0.15) is 19.8 Å². The zero-order valence-corrected chi connectivity index (χ0v) is 14.2. The van der Waals surface area contributed by atoms with Crippen molar-refractivity contribution in [3.8, 4) is 11.6 Å². The van der Waals surface area contributed by atoms with Crippen LogP contribution in [0.3, 0.4) is 0 Å². The van der Waals surface area contributed by atoms with Crippen LogP contribution >= 0.6 is 0 Å². The van der Waals surface area contributed by atoms with Gasteiger partial charge in [-0.1, -0.05) is 0 Å². The predicted molar refractivity (Wildman–Crippen MR) is 93.9 cm³/mol. The average Bonchev–Trinajstić information content (AvgIpc) is 2.65. The number of aromatic nitrogens is 2. The maximum atomic E-state index is 12.5. The SMILES string of the molecule is CCOc1ccc(NC(=O)N2CCCC(Oc3cccnn3)C2)cc1. The number of hydrogen-bond acceptors (Lipinski definition) is 5. The van der Waals surface area contributed by atoms with Crippen LogP contribution in [0.25, 0.3) is 0 Å². The fourth-order valence-electron chi connectivity index (χ4n) is 2.74. The molecule has 2 aromatic rings. The molecule has 0 spiro atoms. The summed E-state index contributed by atoms with van der Waals surface area (Å²) in [5.74, 6) is 1.28. The zero-order chi connectivity index (χ0) is 17.5. The van der Waals surface area contributed by atoms with Crippen LogP contribution in [-0.2, 0) is 0 Å². The molecule has 0 radical (unpaired) electrons. The lowest BCUT2D eigenvalue weighted by atomic mass is 10.1. The summed E-state index contributed by atoms with van der Waals surface area (Å²) in [6.45, 7) is 3.79. The average molecular weight is 342 g/mol. The number of likely N-dealkylation sites (tertiary alicyclic amines) is 1. The van der Waals surface area contributed by atoms with Gasteiger partial charge in [-0.25, -0.2) is 4.79 Å². The Morgan fingerprint density at radius 2 is 2.16 bits per heavy atom.